The molecule has 2 aliphatic rings. The minimum absolute atomic E-state index is 0. The number of rotatable bonds is 8. The molecule has 5 nitrogen and oxygen atoms in total. The van der Waals surface area contributed by atoms with Gasteiger partial charge in [0.2, 0.25) is 0 Å². The number of nitrogens with zero attached hydrogens (tertiary/aromatic N) is 4. The Hall–Kier alpha value is -7.20. The summed E-state index contributed by atoms with van der Waals surface area (Å²) in [6, 6.07) is 37.0. The van der Waals surface area contributed by atoms with Crippen LogP contribution in [0.15, 0.2) is 176 Å². The van der Waals surface area contributed by atoms with Gasteiger partial charge in [0.1, 0.15) is 5.82 Å². The Labute approximate surface area is 505 Å². The summed E-state index contributed by atoms with van der Waals surface area (Å²) in [7, 11) is 0. The molecule has 2 aromatic heterocycles. The molecule has 8 aromatic carbocycles. The van der Waals surface area contributed by atoms with Gasteiger partial charge in [0.15, 0.2) is 0 Å². The van der Waals surface area contributed by atoms with Crippen molar-refractivity contribution in [1.82, 2.24) is 9.55 Å². The fourth-order valence-electron chi connectivity index (χ4n) is 11.0. The number of ether oxygens (including phenoxy) is 1. The van der Waals surface area contributed by atoms with Crippen molar-refractivity contribution < 1.29 is 40.9 Å². The predicted molar refractivity (Wildman–Crippen MR) is 332 cm³/mol. The number of hydrogen-bond donors (Lipinski definition) is 0. The first-order valence-electron chi connectivity index (χ1n) is 32.8. The van der Waals surface area contributed by atoms with Crippen LogP contribution in [0.5, 0.6) is 11.5 Å². The average Bonchev–Trinajstić information content (AvgIpc) is 1.64. The summed E-state index contributed by atoms with van der Waals surface area (Å²) >= 11 is 0. The Morgan fingerprint density at radius 2 is 1.16 bits per heavy atom. The number of fused-ring (bicyclic) bond motifs is 5. The zero-order valence-corrected chi connectivity index (χ0v) is 50.2. The summed E-state index contributed by atoms with van der Waals surface area (Å²) < 4.78 is 114. The van der Waals surface area contributed by atoms with E-state index in [4.69, 9.17) is 15.2 Å². The van der Waals surface area contributed by atoms with E-state index in [1.54, 1.807) is 29.0 Å². The van der Waals surface area contributed by atoms with Crippen molar-refractivity contribution in [2.24, 2.45) is 0 Å². The van der Waals surface area contributed by atoms with E-state index in [-0.39, 0.29) is 126 Å². The number of anilines is 4. The third-order valence-corrected chi connectivity index (χ3v) is 15.9. The zero-order chi connectivity index (χ0) is 65.0. The van der Waals surface area contributed by atoms with Gasteiger partial charge in [-0.25, -0.2) is 4.98 Å². The van der Waals surface area contributed by atoms with Crippen LogP contribution in [0.2, 0.25) is 0 Å². The normalized spacial score (nSPS) is 16.9. The second kappa shape index (κ2) is 20.1. The van der Waals surface area contributed by atoms with E-state index in [1.807, 2.05) is 101 Å². The van der Waals surface area contributed by atoms with Crippen molar-refractivity contribution in [1.29, 1.82) is 0 Å². The molecule has 0 atom stereocenters. The monoisotopic (exact) mass is 1240 g/mol. The Morgan fingerprint density at radius 3 is 1.85 bits per heavy atom. The van der Waals surface area contributed by atoms with Crippen LogP contribution < -0.4 is 14.5 Å². The number of hydrogen-bond acceptors (Lipinski definition) is 4. The molecule has 0 spiro atoms. The third-order valence-electron chi connectivity index (χ3n) is 15.9. The summed E-state index contributed by atoms with van der Waals surface area (Å²) in [6.07, 6.45) is 3.23. The first-order valence-corrected chi connectivity index (χ1v) is 27.3. The van der Waals surface area contributed by atoms with E-state index < -0.39 is 16.2 Å². The van der Waals surface area contributed by atoms with Gasteiger partial charge in [-0.1, -0.05) is 192 Å². The largest absolute Gasteiger partial charge is 0.509 e. The molecule has 0 bridgehead atoms. The summed E-state index contributed by atoms with van der Waals surface area (Å²) in [6.45, 7) is 29.0. The first kappa shape index (κ1) is 42.7. The molecule has 0 saturated heterocycles. The van der Waals surface area contributed by atoms with Gasteiger partial charge in [-0.2, -0.15) is 12.1 Å². The van der Waals surface area contributed by atoms with Crippen molar-refractivity contribution in [3.05, 3.63) is 222 Å². The maximum atomic E-state index is 10.4. The van der Waals surface area contributed by atoms with Crippen LogP contribution in [0.1, 0.15) is 146 Å². The molecule has 0 radical (unpaired) electrons. The molecule has 0 amide bonds. The predicted octanol–water partition coefficient (Wildman–Crippen LogP) is 20.2. The summed E-state index contributed by atoms with van der Waals surface area (Å²) in [5.74, 6) is 1.04. The minimum atomic E-state index is -0.592. The molecule has 1 aliphatic heterocycles. The smallest absolute Gasteiger partial charge is 0.135 e. The summed E-state index contributed by atoms with van der Waals surface area (Å²) in [5, 5.41) is 0.867. The van der Waals surface area contributed by atoms with Gasteiger partial charge in [-0.05, 0) is 138 Å². The van der Waals surface area contributed by atoms with Crippen molar-refractivity contribution in [2.75, 3.05) is 9.80 Å². The second-order valence-electron chi connectivity index (χ2n) is 25.7. The number of pyridine rings is 1. The van der Waals surface area contributed by atoms with Crippen LogP contribution in [0.25, 0.3) is 61.0 Å². The number of para-hydroxylation sites is 3. The van der Waals surface area contributed by atoms with Crippen LogP contribution in [-0.2, 0) is 48.1 Å². The van der Waals surface area contributed by atoms with E-state index in [0.29, 0.717) is 78.4 Å². The van der Waals surface area contributed by atoms with Crippen molar-refractivity contribution in [2.45, 2.75) is 130 Å². The maximum absolute atomic E-state index is 10.4. The molecule has 10 aromatic rings. The number of aromatic nitrogens is 2. The van der Waals surface area contributed by atoms with Crippen LogP contribution in [-0.4, -0.2) is 9.55 Å². The van der Waals surface area contributed by atoms with Gasteiger partial charge >= 0.3 is 0 Å². The maximum Gasteiger partial charge on any atom is 0.135 e. The fraction of sp³-hybridized carbons (Fsp3) is 0.270. The molecule has 0 saturated carbocycles. The third kappa shape index (κ3) is 9.99. The standard InChI is InChI=1S/C74H73N4O.Pt/c1-70(2,3)52-32-29-49(30-33-52)48-25-27-50(28-26-48)60-42-54(72(7,8)9)43-61(51-31-36-62-63(41-51)74(12,13)39-38-73(62,10)11)69(60)77-47-76(65-23-16-17-24-66(65)77)55-19-18-20-56(45-55)79-57-34-35-59-58-21-14-15-22-64(58)78(67(59)46-57)68-44-53(37-40-75-68)71(4,5)6;/h14-37,40-44,47H,38-39H2,1-13H3;/q-3;/i14D,15D,21D,22D,25D,26D,27D,28D,31D,36D,41D;. The van der Waals surface area contributed by atoms with E-state index in [1.165, 1.54) is 0 Å². The van der Waals surface area contributed by atoms with E-state index in [2.05, 4.69) is 102 Å². The zero-order valence-electron chi connectivity index (χ0n) is 58.9. The quantitative estimate of drug-likeness (QED) is 0.142. The molecule has 12 rings (SSSR count). The van der Waals surface area contributed by atoms with Gasteiger partial charge in [0.25, 0.3) is 0 Å². The number of benzene rings is 8. The van der Waals surface area contributed by atoms with E-state index >= 15 is 0 Å². The molecule has 1 aliphatic carbocycles. The van der Waals surface area contributed by atoms with Crippen LogP contribution in [0.3, 0.4) is 0 Å². The van der Waals surface area contributed by atoms with Gasteiger partial charge in [0.05, 0.1) is 15.1 Å². The van der Waals surface area contributed by atoms with Crippen LogP contribution in [0, 0.1) is 18.8 Å². The molecule has 0 fully saturated rings. The second-order valence-corrected chi connectivity index (χ2v) is 25.7. The molecular formula is C74H73N4OPt-3. The van der Waals surface area contributed by atoms with Gasteiger partial charge < -0.3 is 19.1 Å². The molecular weight excluding hydrogens is 1160 g/mol. The van der Waals surface area contributed by atoms with Crippen molar-refractivity contribution >= 4 is 44.6 Å². The van der Waals surface area contributed by atoms with Gasteiger partial charge in [-0.3, -0.25) is 0 Å². The molecule has 0 unspecified atom stereocenters. The molecule has 80 heavy (non-hydrogen) atoms. The van der Waals surface area contributed by atoms with Crippen LogP contribution in [0.4, 0.5) is 22.7 Å². The Morgan fingerprint density at radius 1 is 0.550 bits per heavy atom. The van der Waals surface area contributed by atoms with Crippen LogP contribution >= 0.6 is 0 Å². The minimum Gasteiger partial charge on any atom is -0.509 e. The fourth-order valence-corrected chi connectivity index (χ4v) is 11.0. The summed E-state index contributed by atoms with van der Waals surface area (Å²) in [5.41, 5.74) is 6.90. The van der Waals surface area contributed by atoms with E-state index in [0.717, 1.165) is 29.5 Å². The first-order chi connectivity index (χ1) is 42.1. The molecule has 6 heteroatoms. The van der Waals surface area contributed by atoms with Crippen molar-refractivity contribution in [3.63, 3.8) is 0 Å². The van der Waals surface area contributed by atoms with E-state index in [9.17, 15) is 9.60 Å². The molecule has 0 N–H and O–H groups in total. The SMILES string of the molecule is [2H]c1c([2H])c(-c2cc(C(C)(C)C)cc(-c3c([2H])c([2H])c4c(c3[2H])C(C)(C)CCC4(C)C)c2N2[CH-]N(c3[c-]c(Oc4[c-]c5c(cc4)c4c([2H])c([2H])c([2H])c([2H])c4n5-c4cc(C(C)(C)C)ccn4)ccc3)c3ccccc32)c([2H])c([2H])c1-c1ccc(C(C)(C)C)cc1.[Pt]. The summed E-state index contributed by atoms with van der Waals surface area (Å²) in [4.78, 5) is 8.61. The Kier molecular flexibility index (Phi) is 10.7. The molecule has 3 heterocycles. The molecule has 408 valence electrons. The Balaban J connectivity index is 0.00000850. The Bertz CT molecular complexity index is 4620. The topological polar surface area (TPSA) is 33.5 Å². The van der Waals surface area contributed by atoms with Gasteiger partial charge in [-0.15, -0.1) is 48.1 Å². The average molecular weight is 1240 g/mol. The van der Waals surface area contributed by atoms with Gasteiger partial charge in [0, 0.05) is 72.5 Å². The van der Waals surface area contributed by atoms with Crippen molar-refractivity contribution in [3.8, 4) is 50.7 Å².